The maximum Gasteiger partial charge on any atom is 0.312 e. The summed E-state index contributed by atoms with van der Waals surface area (Å²) in [6.07, 6.45) is 0.444. The fourth-order valence-corrected chi connectivity index (χ4v) is 1.64. The first-order chi connectivity index (χ1) is 9.15. The van der Waals surface area contributed by atoms with Gasteiger partial charge in [-0.2, -0.15) is 0 Å². The van der Waals surface area contributed by atoms with E-state index in [1.807, 2.05) is 0 Å². The molecule has 0 radical (unpaired) electrons. The molecule has 0 atom stereocenters. The number of nitro groups is 1. The van der Waals surface area contributed by atoms with Gasteiger partial charge in [0.2, 0.25) is 0 Å². The standard InChI is InChI=1S/C12H15Cl2N3O3/c1-12(2,11(15)16)3-4-20-10-6-8(14)7(13)5-9(10)17(18)19/h5-6H,3-4H2,1-2H3,(H3,15,16). The molecule has 0 bridgehead atoms. The van der Waals surface area contributed by atoms with E-state index in [2.05, 4.69) is 0 Å². The molecule has 0 aromatic heterocycles. The molecule has 0 spiro atoms. The molecule has 0 unspecified atom stereocenters. The van der Waals surface area contributed by atoms with Crippen LogP contribution < -0.4 is 10.5 Å². The van der Waals surface area contributed by atoms with E-state index in [0.29, 0.717) is 6.42 Å². The molecule has 1 aromatic carbocycles. The summed E-state index contributed by atoms with van der Waals surface area (Å²) in [6.45, 7) is 3.76. The minimum absolute atomic E-state index is 0.0322. The zero-order chi connectivity index (χ0) is 15.5. The third kappa shape index (κ3) is 3.98. The number of nitro benzene ring substituents is 1. The SMILES string of the molecule is CC(C)(CCOc1cc(Cl)c(Cl)cc1[N+](=O)[O-])C(=N)N. The molecular weight excluding hydrogens is 305 g/mol. The summed E-state index contributed by atoms with van der Waals surface area (Å²) in [5, 5.41) is 18.6. The van der Waals surface area contributed by atoms with Crippen molar-refractivity contribution in [1.82, 2.24) is 0 Å². The van der Waals surface area contributed by atoms with Gasteiger partial charge in [-0.3, -0.25) is 15.5 Å². The van der Waals surface area contributed by atoms with Gasteiger partial charge in [0, 0.05) is 17.5 Å². The lowest BCUT2D eigenvalue weighted by Crippen LogP contribution is -2.32. The van der Waals surface area contributed by atoms with E-state index in [-0.39, 0.29) is 33.9 Å². The Morgan fingerprint density at radius 1 is 1.45 bits per heavy atom. The van der Waals surface area contributed by atoms with Gasteiger partial charge in [0.05, 0.1) is 27.4 Å². The van der Waals surface area contributed by atoms with Crippen molar-refractivity contribution in [1.29, 1.82) is 5.41 Å². The van der Waals surface area contributed by atoms with E-state index in [1.54, 1.807) is 13.8 Å². The van der Waals surface area contributed by atoms with Gasteiger partial charge in [0.25, 0.3) is 0 Å². The van der Waals surface area contributed by atoms with Crippen molar-refractivity contribution in [3.8, 4) is 5.75 Å². The summed E-state index contributed by atoms with van der Waals surface area (Å²) in [6, 6.07) is 2.46. The van der Waals surface area contributed by atoms with Gasteiger partial charge in [-0.05, 0) is 6.42 Å². The number of benzene rings is 1. The minimum atomic E-state index is -0.590. The van der Waals surface area contributed by atoms with Gasteiger partial charge >= 0.3 is 5.69 Å². The quantitative estimate of drug-likeness (QED) is 0.361. The van der Waals surface area contributed by atoms with E-state index in [1.165, 1.54) is 6.07 Å². The molecule has 0 amide bonds. The Bertz CT molecular complexity index is 547. The van der Waals surface area contributed by atoms with Crippen LogP contribution in [0.2, 0.25) is 10.0 Å². The predicted octanol–water partition coefficient (Wildman–Crippen LogP) is 3.63. The van der Waals surface area contributed by atoms with Crippen LogP contribution in [0, 0.1) is 20.9 Å². The highest BCUT2D eigenvalue weighted by molar-refractivity contribution is 6.42. The number of hydrogen-bond donors (Lipinski definition) is 2. The van der Waals surface area contributed by atoms with Crippen LogP contribution in [0.25, 0.3) is 0 Å². The van der Waals surface area contributed by atoms with E-state index in [0.717, 1.165) is 6.07 Å². The van der Waals surface area contributed by atoms with E-state index in [9.17, 15) is 10.1 Å². The molecule has 0 heterocycles. The van der Waals surface area contributed by atoms with Gasteiger partial charge in [-0.25, -0.2) is 0 Å². The third-order valence-corrected chi connectivity index (χ3v) is 3.63. The lowest BCUT2D eigenvalue weighted by molar-refractivity contribution is -0.385. The number of ether oxygens (including phenoxy) is 1. The number of rotatable bonds is 6. The molecule has 8 heteroatoms. The average molecular weight is 320 g/mol. The van der Waals surface area contributed by atoms with Crippen LogP contribution in [-0.4, -0.2) is 17.4 Å². The topological polar surface area (TPSA) is 102 Å². The van der Waals surface area contributed by atoms with E-state index >= 15 is 0 Å². The normalized spacial score (nSPS) is 11.2. The first-order valence-corrected chi connectivity index (χ1v) is 6.51. The van der Waals surface area contributed by atoms with Crippen molar-refractivity contribution in [2.75, 3.05) is 6.61 Å². The van der Waals surface area contributed by atoms with Crippen molar-refractivity contribution in [3.05, 3.63) is 32.3 Å². The molecule has 0 saturated heterocycles. The smallest absolute Gasteiger partial charge is 0.312 e. The summed E-state index contributed by atoms with van der Waals surface area (Å²) >= 11 is 11.6. The molecule has 1 rings (SSSR count). The van der Waals surface area contributed by atoms with Crippen molar-refractivity contribution in [2.24, 2.45) is 11.1 Å². The molecular formula is C12H15Cl2N3O3. The van der Waals surface area contributed by atoms with Gasteiger partial charge in [0.15, 0.2) is 5.75 Å². The zero-order valence-electron chi connectivity index (χ0n) is 11.1. The summed E-state index contributed by atoms with van der Waals surface area (Å²) in [5.74, 6) is 0.0773. The molecule has 0 aliphatic rings. The first kappa shape index (κ1) is 16.5. The molecule has 110 valence electrons. The Morgan fingerprint density at radius 2 is 2.00 bits per heavy atom. The monoisotopic (exact) mass is 319 g/mol. The van der Waals surface area contributed by atoms with E-state index in [4.69, 9.17) is 39.1 Å². The van der Waals surface area contributed by atoms with Crippen LogP contribution >= 0.6 is 23.2 Å². The average Bonchev–Trinajstić information content (AvgIpc) is 2.32. The molecule has 0 aliphatic carbocycles. The van der Waals surface area contributed by atoms with Gasteiger partial charge in [-0.15, -0.1) is 0 Å². The second-order valence-corrected chi connectivity index (χ2v) is 5.70. The van der Waals surface area contributed by atoms with Gasteiger partial charge < -0.3 is 10.5 Å². The molecule has 0 aliphatic heterocycles. The maximum atomic E-state index is 10.9. The van der Waals surface area contributed by atoms with Crippen LogP contribution in [-0.2, 0) is 0 Å². The van der Waals surface area contributed by atoms with Crippen LogP contribution in [0.5, 0.6) is 5.75 Å². The molecule has 0 fully saturated rings. The summed E-state index contributed by atoms with van der Waals surface area (Å²) in [5.41, 5.74) is 4.67. The largest absolute Gasteiger partial charge is 0.487 e. The molecule has 1 aromatic rings. The Kier molecular flexibility index (Phi) is 5.19. The molecule has 3 N–H and O–H groups in total. The van der Waals surface area contributed by atoms with Crippen molar-refractivity contribution >= 4 is 34.7 Å². The number of nitrogens with two attached hydrogens (primary N) is 1. The number of nitrogens with one attached hydrogen (secondary N) is 1. The highest BCUT2D eigenvalue weighted by Crippen LogP contribution is 2.36. The Hall–Kier alpha value is -1.53. The van der Waals surface area contributed by atoms with Crippen molar-refractivity contribution in [3.63, 3.8) is 0 Å². The number of nitrogens with zero attached hydrogens (tertiary/aromatic N) is 1. The predicted molar refractivity (Wildman–Crippen MR) is 78.9 cm³/mol. The molecule has 20 heavy (non-hydrogen) atoms. The van der Waals surface area contributed by atoms with Gasteiger partial charge in [-0.1, -0.05) is 37.0 Å². The third-order valence-electron chi connectivity index (χ3n) is 2.91. The first-order valence-electron chi connectivity index (χ1n) is 5.76. The maximum absolute atomic E-state index is 10.9. The van der Waals surface area contributed by atoms with Crippen molar-refractivity contribution in [2.45, 2.75) is 20.3 Å². The fourth-order valence-electron chi connectivity index (χ4n) is 1.33. The summed E-state index contributed by atoms with van der Waals surface area (Å²) in [4.78, 5) is 10.3. The highest BCUT2D eigenvalue weighted by Gasteiger charge is 2.23. The molecule has 0 saturated carbocycles. The summed E-state index contributed by atoms with van der Waals surface area (Å²) in [7, 11) is 0. The second-order valence-electron chi connectivity index (χ2n) is 4.89. The summed E-state index contributed by atoms with van der Waals surface area (Å²) < 4.78 is 5.38. The lowest BCUT2D eigenvalue weighted by Gasteiger charge is -2.22. The lowest BCUT2D eigenvalue weighted by atomic mass is 9.88. The van der Waals surface area contributed by atoms with Crippen LogP contribution in [0.4, 0.5) is 5.69 Å². The van der Waals surface area contributed by atoms with Crippen LogP contribution in [0.15, 0.2) is 12.1 Å². The Balaban J connectivity index is 2.85. The Morgan fingerprint density at radius 3 is 2.50 bits per heavy atom. The Labute approximate surface area is 126 Å². The van der Waals surface area contributed by atoms with Crippen LogP contribution in [0.3, 0.4) is 0 Å². The van der Waals surface area contributed by atoms with Gasteiger partial charge in [0.1, 0.15) is 0 Å². The van der Waals surface area contributed by atoms with Crippen molar-refractivity contribution < 1.29 is 9.66 Å². The molecule has 6 nitrogen and oxygen atoms in total. The zero-order valence-corrected chi connectivity index (χ0v) is 12.6. The number of halogens is 2. The number of hydrogen-bond acceptors (Lipinski definition) is 4. The second kappa shape index (κ2) is 6.28. The fraction of sp³-hybridized carbons (Fsp3) is 0.417. The van der Waals surface area contributed by atoms with Crippen LogP contribution in [0.1, 0.15) is 20.3 Å². The highest BCUT2D eigenvalue weighted by atomic mass is 35.5. The minimum Gasteiger partial charge on any atom is -0.487 e. The number of amidine groups is 1. The van der Waals surface area contributed by atoms with E-state index < -0.39 is 10.3 Å².